The number of nitrogens with two attached hydrogens (primary N) is 1. The van der Waals surface area contributed by atoms with Gasteiger partial charge in [-0.15, -0.1) is 0 Å². The van der Waals surface area contributed by atoms with Crippen molar-refractivity contribution >= 4 is 22.5 Å². The molecule has 0 aliphatic heterocycles. The monoisotopic (exact) mass is 299 g/mol. The van der Waals surface area contributed by atoms with Crippen LogP contribution in [0.15, 0.2) is 42.7 Å². The summed E-state index contributed by atoms with van der Waals surface area (Å²) in [5, 5.41) is 1.49. The third-order valence-electron chi connectivity index (χ3n) is 3.34. The molecule has 0 atom stereocenters. The van der Waals surface area contributed by atoms with Crippen molar-refractivity contribution in [1.29, 1.82) is 0 Å². The first-order chi connectivity index (χ1) is 10.2. The van der Waals surface area contributed by atoms with E-state index in [-0.39, 0.29) is 0 Å². The lowest BCUT2D eigenvalue weighted by Gasteiger charge is -2.12. The van der Waals surface area contributed by atoms with Crippen LogP contribution in [0.5, 0.6) is 11.6 Å². The van der Waals surface area contributed by atoms with Crippen molar-refractivity contribution in [2.45, 2.75) is 13.5 Å². The molecule has 2 N–H and O–H groups in total. The SMILES string of the molecule is Cc1ccnc(Oc2ccc(Cl)c3cccnc23)c1CN. The van der Waals surface area contributed by atoms with E-state index in [4.69, 9.17) is 22.1 Å². The summed E-state index contributed by atoms with van der Waals surface area (Å²) < 4.78 is 5.94. The molecule has 0 amide bonds. The number of halogens is 1. The zero-order valence-electron chi connectivity index (χ0n) is 11.5. The van der Waals surface area contributed by atoms with Gasteiger partial charge in [-0.05, 0) is 42.8 Å². The summed E-state index contributed by atoms with van der Waals surface area (Å²) in [5.41, 5.74) is 8.43. The third kappa shape index (κ3) is 2.55. The van der Waals surface area contributed by atoms with E-state index >= 15 is 0 Å². The van der Waals surface area contributed by atoms with Gasteiger partial charge in [0.25, 0.3) is 0 Å². The Balaban J connectivity index is 2.11. The van der Waals surface area contributed by atoms with Crippen LogP contribution in [0.25, 0.3) is 10.9 Å². The van der Waals surface area contributed by atoms with Gasteiger partial charge in [0.05, 0.1) is 5.02 Å². The lowest BCUT2D eigenvalue weighted by molar-refractivity contribution is 0.460. The number of ether oxygens (including phenoxy) is 1. The second-order valence-electron chi connectivity index (χ2n) is 4.66. The van der Waals surface area contributed by atoms with Gasteiger partial charge in [-0.2, -0.15) is 0 Å². The normalized spacial score (nSPS) is 10.8. The highest BCUT2D eigenvalue weighted by Gasteiger charge is 2.12. The molecule has 0 bridgehead atoms. The molecular formula is C16H14ClN3O. The Labute approximate surface area is 127 Å². The maximum Gasteiger partial charge on any atom is 0.224 e. The summed E-state index contributed by atoms with van der Waals surface area (Å²) in [5.74, 6) is 1.12. The van der Waals surface area contributed by atoms with Crippen LogP contribution in [0.1, 0.15) is 11.1 Å². The van der Waals surface area contributed by atoms with Crippen LogP contribution in [0, 0.1) is 6.92 Å². The summed E-state index contributed by atoms with van der Waals surface area (Å²) >= 11 is 6.18. The van der Waals surface area contributed by atoms with Crippen LogP contribution in [-0.2, 0) is 6.54 Å². The first kappa shape index (κ1) is 13.8. The van der Waals surface area contributed by atoms with Crippen molar-refractivity contribution in [2.24, 2.45) is 5.73 Å². The number of benzene rings is 1. The zero-order valence-corrected chi connectivity index (χ0v) is 12.3. The van der Waals surface area contributed by atoms with E-state index in [1.54, 1.807) is 24.5 Å². The fourth-order valence-electron chi connectivity index (χ4n) is 2.20. The zero-order chi connectivity index (χ0) is 14.8. The molecule has 3 rings (SSSR count). The highest BCUT2D eigenvalue weighted by molar-refractivity contribution is 6.35. The Hall–Kier alpha value is -2.17. The summed E-state index contributed by atoms with van der Waals surface area (Å²) in [6, 6.07) is 9.24. The smallest absolute Gasteiger partial charge is 0.224 e. The number of fused-ring (bicyclic) bond motifs is 1. The van der Waals surface area contributed by atoms with Crippen molar-refractivity contribution < 1.29 is 4.74 Å². The lowest BCUT2D eigenvalue weighted by atomic mass is 10.1. The van der Waals surface area contributed by atoms with E-state index in [9.17, 15) is 0 Å². The van der Waals surface area contributed by atoms with Crippen molar-refractivity contribution in [3.63, 3.8) is 0 Å². The number of rotatable bonds is 3. The van der Waals surface area contributed by atoms with Gasteiger partial charge in [0, 0.05) is 29.9 Å². The molecule has 0 saturated heterocycles. The van der Waals surface area contributed by atoms with Crippen LogP contribution in [0.4, 0.5) is 0 Å². The van der Waals surface area contributed by atoms with Crippen LogP contribution in [0.2, 0.25) is 5.02 Å². The molecule has 106 valence electrons. The molecule has 0 saturated carbocycles. The van der Waals surface area contributed by atoms with Crippen LogP contribution < -0.4 is 10.5 Å². The summed E-state index contributed by atoms with van der Waals surface area (Å²) in [4.78, 5) is 8.62. The molecule has 2 aromatic heterocycles. The number of aromatic nitrogens is 2. The largest absolute Gasteiger partial charge is 0.436 e. The van der Waals surface area contributed by atoms with Gasteiger partial charge >= 0.3 is 0 Å². The second kappa shape index (κ2) is 5.68. The Morgan fingerprint density at radius 1 is 1.14 bits per heavy atom. The van der Waals surface area contributed by atoms with Crippen molar-refractivity contribution in [3.8, 4) is 11.6 Å². The highest BCUT2D eigenvalue weighted by Crippen LogP contribution is 2.33. The van der Waals surface area contributed by atoms with E-state index < -0.39 is 0 Å². The standard InChI is InChI=1S/C16H14ClN3O/c1-10-6-8-20-16(12(10)9-18)21-14-5-4-13(17)11-3-2-7-19-15(11)14/h2-8H,9,18H2,1H3. The first-order valence-corrected chi connectivity index (χ1v) is 6.94. The Morgan fingerprint density at radius 3 is 2.81 bits per heavy atom. The van der Waals surface area contributed by atoms with Crippen molar-refractivity contribution in [2.75, 3.05) is 0 Å². The summed E-state index contributed by atoms with van der Waals surface area (Å²) in [7, 11) is 0. The van der Waals surface area contributed by atoms with Gasteiger partial charge in [-0.1, -0.05) is 11.6 Å². The van der Waals surface area contributed by atoms with E-state index in [0.717, 1.165) is 16.5 Å². The van der Waals surface area contributed by atoms with E-state index in [1.807, 2.05) is 25.1 Å². The van der Waals surface area contributed by atoms with Gasteiger partial charge < -0.3 is 10.5 Å². The van der Waals surface area contributed by atoms with Gasteiger partial charge in [-0.25, -0.2) is 4.98 Å². The number of aryl methyl sites for hydroxylation is 1. The maximum atomic E-state index is 6.18. The molecule has 0 fully saturated rings. The average molecular weight is 300 g/mol. The van der Waals surface area contributed by atoms with E-state index in [0.29, 0.717) is 28.7 Å². The van der Waals surface area contributed by atoms with Crippen molar-refractivity contribution in [1.82, 2.24) is 9.97 Å². The van der Waals surface area contributed by atoms with E-state index in [1.165, 1.54) is 0 Å². The van der Waals surface area contributed by atoms with Crippen LogP contribution in [0.3, 0.4) is 0 Å². The van der Waals surface area contributed by atoms with Crippen LogP contribution >= 0.6 is 11.6 Å². The molecule has 5 heteroatoms. The molecule has 2 heterocycles. The molecule has 0 aliphatic rings. The predicted molar refractivity (Wildman–Crippen MR) is 83.7 cm³/mol. The van der Waals surface area contributed by atoms with Crippen LogP contribution in [-0.4, -0.2) is 9.97 Å². The average Bonchev–Trinajstić information content (AvgIpc) is 2.51. The summed E-state index contributed by atoms with van der Waals surface area (Å²) in [6.07, 6.45) is 3.41. The molecule has 4 nitrogen and oxygen atoms in total. The molecule has 3 aromatic rings. The first-order valence-electron chi connectivity index (χ1n) is 6.56. The maximum absolute atomic E-state index is 6.18. The van der Waals surface area contributed by atoms with Gasteiger partial charge in [0.15, 0.2) is 5.75 Å². The fourth-order valence-corrected chi connectivity index (χ4v) is 2.41. The van der Waals surface area contributed by atoms with Gasteiger partial charge in [0.2, 0.25) is 5.88 Å². The minimum absolute atomic E-state index is 0.369. The Kier molecular flexibility index (Phi) is 3.73. The van der Waals surface area contributed by atoms with E-state index in [2.05, 4.69) is 9.97 Å². The minimum atomic E-state index is 0.369. The minimum Gasteiger partial charge on any atom is -0.436 e. The van der Waals surface area contributed by atoms with Gasteiger partial charge in [-0.3, -0.25) is 4.98 Å². The lowest BCUT2D eigenvalue weighted by Crippen LogP contribution is -2.04. The molecule has 1 aromatic carbocycles. The molecule has 0 radical (unpaired) electrons. The van der Waals surface area contributed by atoms with Gasteiger partial charge in [0.1, 0.15) is 5.52 Å². The number of pyridine rings is 2. The second-order valence-corrected chi connectivity index (χ2v) is 5.07. The molecular weight excluding hydrogens is 286 g/mol. The predicted octanol–water partition coefficient (Wildman–Crippen LogP) is 3.84. The number of hydrogen-bond acceptors (Lipinski definition) is 4. The molecule has 0 unspecified atom stereocenters. The number of hydrogen-bond donors (Lipinski definition) is 1. The molecule has 0 aliphatic carbocycles. The topological polar surface area (TPSA) is 61.0 Å². The Bertz CT molecular complexity index is 805. The summed E-state index contributed by atoms with van der Waals surface area (Å²) in [6.45, 7) is 2.35. The molecule has 21 heavy (non-hydrogen) atoms. The number of nitrogens with zero attached hydrogens (tertiary/aromatic N) is 2. The third-order valence-corrected chi connectivity index (χ3v) is 3.67. The molecule has 0 spiro atoms. The highest BCUT2D eigenvalue weighted by atomic mass is 35.5. The Morgan fingerprint density at radius 2 is 2.00 bits per heavy atom. The quantitative estimate of drug-likeness (QED) is 0.798. The fraction of sp³-hybridized carbons (Fsp3) is 0.125. The van der Waals surface area contributed by atoms with Crippen molar-refractivity contribution in [3.05, 3.63) is 58.9 Å².